The van der Waals surface area contributed by atoms with Crippen LogP contribution in [0, 0.1) is 0 Å². The van der Waals surface area contributed by atoms with Crippen LogP contribution in [0.5, 0.6) is 0 Å². The van der Waals surface area contributed by atoms with Gasteiger partial charge >= 0.3 is 6.09 Å². The maximum atomic E-state index is 12.2. The van der Waals surface area contributed by atoms with Crippen molar-refractivity contribution < 1.29 is 14.3 Å². The number of carbonyl (C=O) groups excluding carboxylic acids is 2. The summed E-state index contributed by atoms with van der Waals surface area (Å²) in [7, 11) is 0. The third kappa shape index (κ3) is 6.55. The molecule has 2 amide bonds. The molecule has 2 aromatic rings. The van der Waals surface area contributed by atoms with Crippen LogP contribution in [0.2, 0.25) is 0 Å². The van der Waals surface area contributed by atoms with Crippen LogP contribution in [0.1, 0.15) is 42.6 Å². The van der Waals surface area contributed by atoms with Crippen molar-refractivity contribution in [2.75, 3.05) is 17.2 Å². The highest BCUT2D eigenvalue weighted by Gasteiger charge is 2.08. The lowest BCUT2D eigenvalue weighted by atomic mass is 10.0. The SMILES string of the molecule is CCOC(=O)Nc1ccc(C(=O)NNC(=S)Nc2ccc(C(C)C)cc2)cc1. The highest BCUT2D eigenvalue weighted by molar-refractivity contribution is 7.80. The Hall–Kier alpha value is -3.13. The minimum atomic E-state index is -0.542. The lowest BCUT2D eigenvalue weighted by molar-refractivity contribution is 0.0944. The molecule has 148 valence electrons. The minimum Gasteiger partial charge on any atom is -0.450 e. The lowest BCUT2D eigenvalue weighted by Gasteiger charge is -2.13. The van der Waals surface area contributed by atoms with Crippen LogP contribution >= 0.6 is 12.2 Å². The van der Waals surface area contributed by atoms with E-state index in [4.69, 9.17) is 17.0 Å². The van der Waals surface area contributed by atoms with Crippen molar-refractivity contribution in [1.29, 1.82) is 0 Å². The van der Waals surface area contributed by atoms with Gasteiger partial charge in [0.05, 0.1) is 6.61 Å². The molecule has 0 spiro atoms. The van der Waals surface area contributed by atoms with Gasteiger partial charge in [-0.1, -0.05) is 26.0 Å². The molecule has 0 bridgehead atoms. The summed E-state index contributed by atoms with van der Waals surface area (Å²) in [5.74, 6) is 0.0966. The van der Waals surface area contributed by atoms with E-state index in [1.807, 2.05) is 24.3 Å². The van der Waals surface area contributed by atoms with Crippen LogP contribution in [-0.2, 0) is 4.74 Å². The van der Waals surface area contributed by atoms with Gasteiger partial charge in [-0.25, -0.2) is 4.79 Å². The van der Waals surface area contributed by atoms with E-state index in [9.17, 15) is 9.59 Å². The molecule has 0 unspecified atom stereocenters. The molecule has 8 heteroatoms. The van der Waals surface area contributed by atoms with Gasteiger partial charge in [0.1, 0.15) is 0 Å². The summed E-state index contributed by atoms with van der Waals surface area (Å²) in [6.45, 7) is 6.26. The molecule has 0 heterocycles. The average molecular weight is 401 g/mol. The Morgan fingerprint density at radius 2 is 1.50 bits per heavy atom. The molecule has 0 saturated carbocycles. The number of thiocarbonyl (C=S) groups is 1. The Morgan fingerprint density at radius 3 is 2.07 bits per heavy atom. The Labute approximate surface area is 169 Å². The Balaban J connectivity index is 1.82. The van der Waals surface area contributed by atoms with E-state index in [1.165, 1.54) is 5.56 Å². The molecule has 0 radical (unpaired) electrons. The van der Waals surface area contributed by atoms with Crippen LogP contribution in [0.3, 0.4) is 0 Å². The Morgan fingerprint density at radius 1 is 0.929 bits per heavy atom. The second kappa shape index (κ2) is 10.3. The molecule has 4 N–H and O–H groups in total. The topological polar surface area (TPSA) is 91.5 Å². The molecule has 0 aromatic heterocycles. The third-order valence-electron chi connectivity index (χ3n) is 3.79. The molecular formula is C20H24N4O3S. The summed E-state index contributed by atoms with van der Waals surface area (Å²) < 4.78 is 4.79. The normalized spacial score (nSPS) is 10.1. The van der Waals surface area contributed by atoms with Gasteiger partial charge in [-0.2, -0.15) is 0 Å². The lowest BCUT2D eigenvalue weighted by Crippen LogP contribution is -2.43. The average Bonchev–Trinajstić information content (AvgIpc) is 2.67. The molecule has 0 aliphatic rings. The summed E-state index contributed by atoms with van der Waals surface area (Å²) >= 11 is 5.18. The predicted octanol–water partition coefficient (Wildman–Crippen LogP) is 4.01. The first-order chi connectivity index (χ1) is 13.4. The fourth-order valence-electron chi connectivity index (χ4n) is 2.29. The molecule has 28 heavy (non-hydrogen) atoms. The van der Waals surface area contributed by atoms with Gasteiger partial charge in [0.15, 0.2) is 5.11 Å². The zero-order valence-electron chi connectivity index (χ0n) is 16.0. The van der Waals surface area contributed by atoms with Gasteiger partial charge in [-0.3, -0.25) is 21.0 Å². The summed E-state index contributed by atoms with van der Waals surface area (Å²) in [6.07, 6.45) is -0.542. The molecule has 2 aromatic carbocycles. The van der Waals surface area contributed by atoms with E-state index in [-0.39, 0.29) is 17.6 Å². The maximum absolute atomic E-state index is 12.2. The highest BCUT2D eigenvalue weighted by atomic mass is 32.1. The van der Waals surface area contributed by atoms with Crippen LogP contribution in [0.4, 0.5) is 16.2 Å². The van der Waals surface area contributed by atoms with Gasteiger partial charge < -0.3 is 10.1 Å². The van der Waals surface area contributed by atoms with E-state index in [0.717, 1.165) is 5.69 Å². The van der Waals surface area contributed by atoms with Crippen LogP contribution in [0.15, 0.2) is 48.5 Å². The highest BCUT2D eigenvalue weighted by Crippen LogP contribution is 2.17. The molecule has 0 saturated heterocycles. The van der Waals surface area contributed by atoms with Gasteiger partial charge in [0.25, 0.3) is 5.91 Å². The zero-order valence-corrected chi connectivity index (χ0v) is 16.9. The quantitative estimate of drug-likeness (QED) is 0.448. The van der Waals surface area contributed by atoms with Gasteiger partial charge in [-0.15, -0.1) is 0 Å². The zero-order chi connectivity index (χ0) is 20.5. The molecular weight excluding hydrogens is 376 g/mol. The van der Waals surface area contributed by atoms with Crippen molar-refractivity contribution in [3.8, 4) is 0 Å². The van der Waals surface area contributed by atoms with Crippen molar-refractivity contribution >= 4 is 40.7 Å². The van der Waals surface area contributed by atoms with Crippen molar-refractivity contribution in [1.82, 2.24) is 10.9 Å². The summed E-state index contributed by atoms with van der Waals surface area (Å²) in [5, 5.41) is 5.83. The summed E-state index contributed by atoms with van der Waals surface area (Å²) in [6, 6.07) is 14.3. The number of rotatable bonds is 5. The number of amides is 2. The van der Waals surface area contributed by atoms with Crippen molar-refractivity contribution in [3.63, 3.8) is 0 Å². The maximum Gasteiger partial charge on any atom is 0.411 e. The number of nitrogens with one attached hydrogen (secondary N) is 4. The van der Waals surface area contributed by atoms with E-state index in [2.05, 4.69) is 35.3 Å². The number of hydrogen-bond donors (Lipinski definition) is 4. The molecule has 2 rings (SSSR count). The standard InChI is InChI=1S/C20H24N4O3S/c1-4-27-20(26)22-17-11-7-15(8-12-17)18(25)23-24-19(28)21-16-9-5-14(6-10-16)13(2)3/h5-13H,4H2,1-3H3,(H,22,26)(H,23,25)(H2,21,24,28). The molecule has 0 aliphatic heterocycles. The number of benzene rings is 2. The molecule has 0 atom stereocenters. The van der Waals surface area contributed by atoms with Gasteiger partial charge in [0, 0.05) is 16.9 Å². The van der Waals surface area contributed by atoms with E-state index < -0.39 is 6.09 Å². The Kier molecular flexibility index (Phi) is 7.76. The first kappa shape index (κ1) is 21.2. The number of anilines is 2. The van der Waals surface area contributed by atoms with Crippen LogP contribution < -0.4 is 21.5 Å². The number of hydrazine groups is 1. The van der Waals surface area contributed by atoms with Crippen LogP contribution in [-0.4, -0.2) is 23.7 Å². The van der Waals surface area contributed by atoms with Crippen molar-refractivity contribution in [2.45, 2.75) is 26.7 Å². The van der Waals surface area contributed by atoms with Gasteiger partial charge in [-0.05, 0) is 67.0 Å². The number of carbonyl (C=O) groups is 2. The predicted molar refractivity (Wildman–Crippen MR) is 114 cm³/mol. The van der Waals surface area contributed by atoms with Gasteiger partial charge in [0.2, 0.25) is 0 Å². The van der Waals surface area contributed by atoms with E-state index >= 15 is 0 Å². The van der Waals surface area contributed by atoms with E-state index in [0.29, 0.717) is 17.2 Å². The second-order valence-corrected chi connectivity index (χ2v) is 6.64. The third-order valence-corrected chi connectivity index (χ3v) is 4.00. The fraction of sp³-hybridized carbons (Fsp3) is 0.250. The monoisotopic (exact) mass is 400 g/mol. The van der Waals surface area contributed by atoms with Crippen molar-refractivity contribution in [2.24, 2.45) is 0 Å². The van der Waals surface area contributed by atoms with E-state index in [1.54, 1.807) is 31.2 Å². The largest absolute Gasteiger partial charge is 0.450 e. The molecule has 7 nitrogen and oxygen atoms in total. The molecule has 0 fully saturated rings. The Bertz CT molecular complexity index is 820. The minimum absolute atomic E-state index is 0.270. The molecule has 0 aliphatic carbocycles. The first-order valence-corrected chi connectivity index (χ1v) is 9.31. The summed E-state index contributed by atoms with van der Waals surface area (Å²) in [4.78, 5) is 23.6. The second-order valence-electron chi connectivity index (χ2n) is 6.23. The fourth-order valence-corrected chi connectivity index (χ4v) is 2.46. The number of ether oxygens (including phenoxy) is 1. The number of hydrogen-bond acceptors (Lipinski definition) is 4. The smallest absolute Gasteiger partial charge is 0.411 e. The summed E-state index contributed by atoms with van der Waals surface area (Å²) in [5.41, 5.74) is 8.19. The first-order valence-electron chi connectivity index (χ1n) is 8.90. The van der Waals surface area contributed by atoms with Crippen LogP contribution in [0.25, 0.3) is 0 Å². The van der Waals surface area contributed by atoms with Crippen molar-refractivity contribution in [3.05, 3.63) is 59.7 Å².